The largest absolute Gasteiger partial charge is 0.476 e. The molecular weight excluding hydrogens is 359 g/mol. The third-order valence-electron chi connectivity index (χ3n) is 4.03. The van der Waals surface area contributed by atoms with Gasteiger partial charge in [0.1, 0.15) is 12.4 Å². The monoisotopic (exact) mass is 376 g/mol. The molecule has 2 aromatic rings. The van der Waals surface area contributed by atoms with Crippen LogP contribution in [-0.4, -0.2) is 62.0 Å². The summed E-state index contributed by atoms with van der Waals surface area (Å²) >= 11 is 0. The second-order valence-corrected chi connectivity index (χ2v) is 6.04. The predicted octanol–water partition coefficient (Wildman–Crippen LogP) is 0.538. The number of amides is 3. The van der Waals surface area contributed by atoms with Crippen LogP contribution < -0.4 is 10.6 Å². The molecule has 0 aliphatic carbocycles. The highest BCUT2D eigenvalue weighted by molar-refractivity contribution is 5.89. The number of likely N-dealkylation sites (tertiary alicyclic amines) is 1. The van der Waals surface area contributed by atoms with Gasteiger partial charge < -0.3 is 20.6 Å². The fraction of sp³-hybridized carbons (Fsp3) is 0.312. The van der Waals surface area contributed by atoms with Crippen molar-refractivity contribution >= 4 is 23.6 Å². The number of aromatic carboxylic acids is 1. The van der Waals surface area contributed by atoms with Crippen LogP contribution in [0.3, 0.4) is 0 Å². The van der Waals surface area contributed by atoms with Crippen LogP contribution >= 0.6 is 0 Å². The number of urea groups is 1. The Balaban J connectivity index is 1.47. The Morgan fingerprint density at radius 1 is 1.26 bits per heavy atom. The van der Waals surface area contributed by atoms with Crippen LogP contribution in [0.4, 0.5) is 14.9 Å². The molecule has 0 radical (unpaired) electrons. The molecule has 1 saturated heterocycles. The second kappa shape index (κ2) is 7.81. The van der Waals surface area contributed by atoms with Crippen LogP contribution in [0.2, 0.25) is 0 Å². The van der Waals surface area contributed by atoms with Gasteiger partial charge in [0.2, 0.25) is 5.91 Å². The molecule has 2 heterocycles. The number of nitrogens with zero attached hydrogens (tertiary/aromatic N) is 4. The standard InChI is InChI=1S/C16H17FN6O4/c17-10-1-3-11(4-2-10)18-16(27)19-12-5-6-22(7-12)14(24)9-23-8-13(15(25)26)20-21-23/h1-4,8,12H,5-7,9H2,(H,25,26)(H2,18,19,27). The summed E-state index contributed by atoms with van der Waals surface area (Å²) in [6.07, 6.45) is 1.77. The average Bonchev–Trinajstić information content (AvgIpc) is 3.26. The summed E-state index contributed by atoms with van der Waals surface area (Å²) in [5.74, 6) is -1.86. The smallest absolute Gasteiger partial charge is 0.358 e. The van der Waals surface area contributed by atoms with Gasteiger partial charge in [0.25, 0.3) is 0 Å². The lowest BCUT2D eigenvalue weighted by atomic mass is 10.3. The molecular formula is C16H17FN6O4. The van der Waals surface area contributed by atoms with E-state index in [0.717, 1.165) is 4.68 Å². The minimum absolute atomic E-state index is 0.130. The van der Waals surface area contributed by atoms with Crippen molar-refractivity contribution in [1.82, 2.24) is 25.2 Å². The number of anilines is 1. The molecule has 0 bridgehead atoms. The van der Waals surface area contributed by atoms with Crippen LogP contribution in [0.15, 0.2) is 30.5 Å². The van der Waals surface area contributed by atoms with E-state index < -0.39 is 17.8 Å². The summed E-state index contributed by atoms with van der Waals surface area (Å²) in [5.41, 5.74) is 0.224. The third-order valence-corrected chi connectivity index (χ3v) is 4.03. The molecule has 3 N–H and O–H groups in total. The Kier molecular flexibility index (Phi) is 5.29. The SMILES string of the molecule is O=C(Nc1ccc(F)cc1)NC1CCN(C(=O)Cn2cc(C(=O)O)nn2)C1. The van der Waals surface area contributed by atoms with Crippen molar-refractivity contribution in [1.29, 1.82) is 0 Å². The molecule has 1 aliphatic heterocycles. The van der Waals surface area contributed by atoms with Gasteiger partial charge in [0.15, 0.2) is 5.69 Å². The van der Waals surface area contributed by atoms with Crippen LogP contribution in [0, 0.1) is 5.82 Å². The van der Waals surface area contributed by atoms with Crippen LogP contribution in [0.1, 0.15) is 16.9 Å². The van der Waals surface area contributed by atoms with Crippen molar-refractivity contribution in [3.63, 3.8) is 0 Å². The Labute approximate surface area is 153 Å². The number of carbonyl (C=O) groups is 3. The first-order chi connectivity index (χ1) is 12.9. The number of nitrogens with one attached hydrogen (secondary N) is 2. The fourth-order valence-corrected chi connectivity index (χ4v) is 2.70. The van der Waals surface area contributed by atoms with Gasteiger partial charge in [-0.25, -0.2) is 18.7 Å². The van der Waals surface area contributed by atoms with Crippen molar-refractivity contribution < 1.29 is 23.9 Å². The number of halogens is 1. The van der Waals surface area contributed by atoms with E-state index in [1.165, 1.54) is 30.5 Å². The van der Waals surface area contributed by atoms with Gasteiger partial charge in [0.05, 0.1) is 6.20 Å². The number of hydrogen-bond acceptors (Lipinski definition) is 5. The highest BCUT2D eigenvalue weighted by atomic mass is 19.1. The lowest BCUT2D eigenvalue weighted by Crippen LogP contribution is -2.41. The first kappa shape index (κ1) is 18.3. The van der Waals surface area contributed by atoms with E-state index in [0.29, 0.717) is 25.2 Å². The number of carboxylic acids is 1. The molecule has 3 amide bonds. The van der Waals surface area contributed by atoms with Gasteiger partial charge in [-0.3, -0.25) is 4.79 Å². The fourth-order valence-electron chi connectivity index (χ4n) is 2.70. The molecule has 1 atom stereocenters. The molecule has 0 saturated carbocycles. The molecule has 1 aromatic carbocycles. The molecule has 142 valence electrons. The van der Waals surface area contributed by atoms with Gasteiger partial charge in [-0.05, 0) is 30.7 Å². The predicted molar refractivity (Wildman–Crippen MR) is 90.5 cm³/mol. The van der Waals surface area contributed by atoms with Crippen molar-refractivity contribution in [2.75, 3.05) is 18.4 Å². The summed E-state index contributed by atoms with van der Waals surface area (Å²) in [4.78, 5) is 36.6. The zero-order valence-electron chi connectivity index (χ0n) is 14.1. The Hall–Kier alpha value is -3.50. The summed E-state index contributed by atoms with van der Waals surface area (Å²) in [6, 6.07) is 4.71. The van der Waals surface area contributed by atoms with Crippen molar-refractivity contribution in [3.05, 3.63) is 42.0 Å². The van der Waals surface area contributed by atoms with E-state index in [9.17, 15) is 18.8 Å². The molecule has 27 heavy (non-hydrogen) atoms. The molecule has 11 heteroatoms. The lowest BCUT2D eigenvalue weighted by Gasteiger charge is -2.17. The van der Waals surface area contributed by atoms with Crippen LogP contribution in [-0.2, 0) is 11.3 Å². The molecule has 3 rings (SSSR count). The maximum Gasteiger partial charge on any atom is 0.358 e. The van der Waals surface area contributed by atoms with E-state index in [2.05, 4.69) is 20.9 Å². The van der Waals surface area contributed by atoms with Crippen molar-refractivity contribution in [2.24, 2.45) is 0 Å². The summed E-state index contributed by atoms with van der Waals surface area (Å²) in [7, 11) is 0. The summed E-state index contributed by atoms with van der Waals surface area (Å²) < 4.78 is 14.0. The third kappa shape index (κ3) is 4.77. The molecule has 1 aliphatic rings. The lowest BCUT2D eigenvalue weighted by molar-refractivity contribution is -0.131. The maximum absolute atomic E-state index is 12.9. The van der Waals surface area contributed by atoms with E-state index in [1.54, 1.807) is 4.90 Å². The van der Waals surface area contributed by atoms with Gasteiger partial charge in [-0.2, -0.15) is 0 Å². The quantitative estimate of drug-likeness (QED) is 0.698. The Morgan fingerprint density at radius 3 is 2.67 bits per heavy atom. The van der Waals surface area contributed by atoms with Crippen molar-refractivity contribution in [2.45, 2.75) is 19.0 Å². The number of rotatable bonds is 5. The molecule has 1 aromatic heterocycles. The number of aromatic nitrogens is 3. The zero-order valence-corrected chi connectivity index (χ0v) is 14.1. The van der Waals surface area contributed by atoms with E-state index in [4.69, 9.17) is 5.11 Å². The highest BCUT2D eigenvalue weighted by Crippen LogP contribution is 2.12. The minimum Gasteiger partial charge on any atom is -0.476 e. The topological polar surface area (TPSA) is 129 Å². The average molecular weight is 376 g/mol. The molecule has 1 fully saturated rings. The maximum atomic E-state index is 12.9. The Morgan fingerprint density at radius 2 is 2.00 bits per heavy atom. The van der Waals surface area contributed by atoms with Gasteiger partial charge in [-0.15, -0.1) is 5.10 Å². The highest BCUT2D eigenvalue weighted by Gasteiger charge is 2.27. The minimum atomic E-state index is -1.22. The van der Waals surface area contributed by atoms with Gasteiger partial charge in [0, 0.05) is 24.8 Å². The summed E-state index contributed by atoms with van der Waals surface area (Å²) in [5, 5.41) is 21.2. The number of hydrogen-bond donors (Lipinski definition) is 3. The Bertz CT molecular complexity index is 853. The van der Waals surface area contributed by atoms with Gasteiger partial charge >= 0.3 is 12.0 Å². The first-order valence-electron chi connectivity index (χ1n) is 8.15. The first-order valence-corrected chi connectivity index (χ1v) is 8.15. The second-order valence-electron chi connectivity index (χ2n) is 6.04. The summed E-state index contributed by atoms with van der Waals surface area (Å²) in [6.45, 7) is 0.658. The molecule has 10 nitrogen and oxygen atoms in total. The van der Waals surface area contributed by atoms with Crippen LogP contribution in [0.5, 0.6) is 0 Å². The number of carbonyl (C=O) groups excluding carboxylic acids is 2. The number of benzene rings is 1. The van der Waals surface area contributed by atoms with E-state index in [1.807, 2.05) is 0 Å². The normalized spacial score (nSPS) is 16.2. The van der Waals surface area contributed by atoms with Crippen LogP contribution in [0.25, 0.3) is 0 Å². The van der Waals surface area contributed by atoms with E-state index >= 15 is 0 Å². The zero-order chi connectivity index (χ0) is 19.4. The van der Waals surface area contributed by atoms with Gasteiger partial charge in [-0.1, -0.05) is 5.21 Å². The number of carboxylic acid groups (broad SMARTS) is 1. The molecule has 1 unspecified atom stereocenters. The molecule has 0 spiro atoms. The van der Waals surface area contributed by atoms with E-state index in [-0.39, 0.29) is 24.2 Å². The van der Waals surface area contributed by atoms with Crippen molar-refractivity contribution in [3.8, 4) is 0 Å².